The van der Waals surface area contributed by atoms with Crippen LogP contribution in [0.5, 0.6) is 0 Å². The van der Waals surface area contributed by atoms with E-state index in [-0.39, 0.29) is 24.4 Å². The van der Waals surface area contributed by atoms with Gasteiger partial charge < -0.3 is 4.57 Å². The van der Waals surface area contributed by atoms with Crippen molar-refractivity contribution in [2.45, 2.75) is 76.7 Å². The summed E-state index contributed by atoms with van der Waals surface area (Å²) in [4.78, 5) is 11.9. The number of aryl methyl sites for hydroxylation is 2. The van der Waals surface area contributed by atoms with Crippen LogP contribution >= 0.6 is 7.14 Å². The molecule has 2 aliphatic carbocycles. The van der Waals surface area contributed by atoms with Crippen LogP contribution in [0.4, 0.5) is 35.1 Å². The largest absolute Gasteiger partial charge is 0.309 e. The average Bonchev–Trinajstić information content (AvgIpc) is 1.66. The van der Waals surface area contributed by atoms with Gasteiger partial charge in [0.15, 0.2) is 12.9 Å². The van der Waals surface area contributed by atoms with Crippen LogP contribution in [-0.2, 0) is 4.57 Å². The number of nitriles is 4. The molecule has 15 heteroatoms. The van der Waals surface area contributed by atoms with Crippen LogP contribution in [0.25, 0.3) is 33.4 Å². The van der Waals surface area contributed by atoms with E-state index in [2.05, 4.69) is 38.1 Å². The number of carbonyl (C=O) groups is 1. The fraction of sp³-hybridized carbons (Fsp3) is 0.161. The lowest BCUT2D eigenvalue weighted by Crippen LogP contribution is -2.24. The molecule has 133 heavy (non-hydrogen) atoms. The Labute approximate surface area is 792 Å². The molecule has 0 atom stereocenters. The van der Waals surface area contributed by atoms with Crippen LogP contribution in [0.1, 0.15) is 112 Å². The quantitative estimate of drug-likeness (QED) is 0.0959. The molecular weight excluding hydrogens is 1690 g/mol. The van der Waals surface area contributed by atoms with Gasteiger partial charge in [0.25, 0.3) is 0 Å². The first-order valence-corrected chi connectivity index (χ1v) is 43.9. The average molecular weight is 1820 g/mol. The zero-order valence-corrected chi connectivity index (χ0v) is 80.3. The Hall–Kier alpha value is -14.9. The minimum Gasteiger partial charge on any atom is -0.309 e. The first-order valence-electron chi connectivity index (χ1n) is 42.2. The van der Waals surface area contributed by atoms with Gasteiger partial charge in [-0.25, -0.2) is 0 Å². The Morgan fingerprint density at radius 2 is 0.368 bits per heavy atom. The van der Waals surface area contributed by atoms with Crippen LogP contribution < -0.4 is 15.9 Å². The van der Waals surface area contributed by atoms with Crippen molar-refractivity contribution in [1.82, 2.24) is 0 Å². The maximum Gasteiger partial charge on any atom is 0.194 e. The minimum atomic E-state index is -2.78. The van der Waals surface area contributed by atoms with E-state index in [9.17, 15) is 44.5 Å². The van der Waals surface area contributed by atoms with Crippen molar-refractivity contribution in [3.05, 3.63) is 511 Å². The van der Waals surface area contributed by atoms with Gasteiger partial charge in [0.1, 0.15) is 35.4 Å². The number of fused-ring (bicyclic) bond motifs is 6. The van der Waals surface area contributed by atoms with Gasteiger partial charge in [0.05, 0.1) is 57.4 Å². The van der Waals surface area contributed by atoms with Crippen LogP contribution in [-0.4, -0.2) is 63.2 Å². The zero-order valence-electron chi connectivity index (χ0n) is 79.4. The standard InChI is InChI=1S/C18H15OP.C16H8N2.C16H10N2.C13H8O.2C7H8.4C6H6.4C2H6.8CH3F.CH4/c19-20(16-10-4-1-5-11-16,17-12-6-2-7-13-17)18-14-8-3-9-15-18;17-9-11(10-18)16-14-7-3-1-5-12(14)13-6-2-4-8-15(13)16;17-11-15(12-18)16(13-7-3-1-4-8-13)14-9-5-2-6-10-14;14-13-11-7-3-1-5-9(11)10-6-2-4-8-12(10)13;2*1-7-5-3-2-4-6-7;4*1-2-4-6-5-3-1;12*1-2;/h1-15H;1-8H;1-10H;1-8H;2*2-6H,1H3;4*1-6H;4*1-2H3;8*1H3;1H4. The molecule has 0 unspecified atom stereocenters. The highest BCUT2D eigenvalue weighted by molar-refractivity contribution is 7.85. The number of hydrogen-bond acceptors (Lipinski definition) is 6. The number of alkyl halides is 8. The van der Waals surface area contributed by atoms with Crippen molar-refractivity contribution >= 4 is 40.0 Å². The molecule has 0 saturated heterocycles. The Kier molecular flexibility index (Phi) is 90.3. The van der Waals surface area contributed by atoms with Crippen LogP contribution in [0.15, 0.2) is 466 Å². The van der Waals surface area contributed by atoms with Crippen molar-refractivity contribution in [3.8, 4) is 46.5 Å². The smallest absolute Gasteiger partial charge is 0.194 e. The van der Waals surface area contributed by atoms with Crippen molar-refractivity contribution in [2.24, 2.45) is 0 Å². The zero-order chi connectivity index (χ0) is 99.9. The molecule has 0 aromatic heterocycles. The van der Waals surface area contributed by atoms with E-state index in [0.29, 0.717) is 63.0 Å². The van der Waals surface area contributed by atoms with Gasteiger partial charge in [0.2, 0.25) is 0 Å². The van der Waals surface area contributed by atoms with Gasteiger partial charge in [-0.3, -0.25) is 39.9 Å². The molecule has 0 N–H and O–H groups in total. The summed E-state index contributed by atoms with van der Waals surface area (Å²) in [6.07, 6.45) is 0. The summed E-state index contributed by atoms with van der Waals surface area (Å²) in [7, 11) is 1.22. The summed E-state index contributed by atoms with van der Waals surface area (Å²) in [5.41, 5.74) is 14.0. The second-order valence-electron chi connectivity index (χ2n) is 23.7. The molecule has 0 aliphatic heterocycles. The third-order valence-corrected chi connectivity index (χ3v) is 19.4. The number of ketones is 1. The number of halogens is 8. The molecule has 0 bridgehead atoms. The first kappa shape index (κ1) is 129. The van der Waals surface area contributed by atoms with E-state index in [1.54, 1.807) is 0 Å². The Bertz CT molecular complexity index is 4860. The van der Waals surface area contributed by atoms with E-state index in [1.165, 1.54) is 11.1 Å². The molecule has 0 saturated carbocycles. The van der Waals surface area contributed by atoms with Crippen molar-refractivity contribution in [1.29, 1.82) is 21.0 Å². The highest BCUT2D eigenvalue weighted by Crippen LogP contribution is 2.46. The Balaban J connectivity index is -0.000000337. The van der Waals surface area contributed by atoms with Crippen molar-refractivity contribution in [3.63, 3.8) is 0 Å². The molecule has 15 aromatic rings. The van der Waals surface area contributed by atoms with E-state index >= 15 is 0 Å². The normalized spacial score (nSPS) is 8.62. The molecule has 15 aromatic carbocycles. The highest BCUT2D eigenvalue weighted by Gasteiger charge is 2.30. The first-order chi connectivity index (χ1) is 65.2. The van der Waals surface area contributed by atoms with E-state index in [1.807, 2.05) is 510 Å². The highest BCUT2D eigenvalue weighted by atomic mass is 31.2. The monoisotopic (exact) mass is 1820 g/mol. The third-order valence-electron chi connectivity index (χ3n) is 16.3. The number of hydrogen-bond donors (Lipinski definition) is 0. The number of rotatable bonds is 5. The van der Waals surface area contributed by atoms with Crippen LogP contribution in [0.2, 0.25) is 0 Å². The number of allylic oxidation sites excluding steroid dienone is 2. The molecule has 0 radical (unpaired) electrons. The Morgan fingerprint density at radius 3 is 0.541 bits per heavy atom. The molecule has 0 heterocycles. The van der Waals surface area contributed by atoms with Gasteiger partial charge in [-0.05, 0) is 58.4 Å². The summed E-state index contributed by atoms with van der Waals surface area (Å²) >= 11 is 0. The van der Waals surface area contributed by atoms with Crippen LogP contribution in [0.3, 0.4) is 0 Å². The predicted molar refractivity (Wildman–Crippen MR) is 557 cm³/mol. The van der Waals surface area contributed by atoms with Gasteiger partial charge in [-0.2, -0.15) is 21.0 Å². The van der Waals surface area contributed by atoms with Crippen molar-refractivity contribution < 1.29 is 44.5 Å². The van der Waals surface area contributed by atoms with Gasteiger partial charge in [-0.15, -0.1) is 0 Å². The Morgan fingerprint density at radius 1 is 0.218 bits per heavy atom. The lowest BCUT2D eigenvalue weighted by atomic mass is 9.94. The summed E-state index contributed by atoms with van der Waals surface area (Å²) in [5, 5.41) is 39.0. The van der Waals surface area contributed by atoms with E-state index in [4.69, 9.17) is 21.0 Å². The van der Waals surface area contributed by atoms with Crippen LogP contribution in [0, 0.1) is 59.2 Å². The van der Waals surface area contributed by atoms with E-state index in [0.717, 1.165) is 77.1 Å². The second kappa shape index (κ2) is 93.2. The molecular formula is C118H133F8N4O2P. The molecule has 2 aliphatic rings. The maximum absolute atomic E-state index is 13.8. The number of carbonyl (C=O) groups excluding carboxylic acids is 1. The molecule has 0 spiro atoms. The number of nitrogens with zero attached hydrogens (tertiary/aromatic N) is 4. The molecule has 17 rings (SSSR count). The summed E-state index contributed by atoms with van der Waals surface area (Å²) in [6.45, 7) is 20.2. The number of benzene rings is 15. The summed E-state index contributed by atoms with van der Waals surface area (Å²) in [6, 6.07) is 156. The van der Waals surface area contributed by atoms with Crippen molar-refractivity contribution in [2.75, 3.05) is 57.4 Å². The maximum atomic E-state index is 13.8. The molecule has 0 amide bonds. The van der Waals surface area contributed by atoms with Gasteiger partial charge >= 0.3 is 0 Å². The topological polar surface area (TPSA) is 129 Å². The third kappa shape index (κ3) is 50.6. The second-order valence-corrected chi connectivity index (χ2v) is 26.5. The van der Waals surface area contributed by atoms with E-state index < -0.39 is 7.14 Å². The predicted octanol–water partition coefficient (Wildman–Crippen LogP) is 33.4. The van der Waals surface area contributed by atoms with Gasteiger partial charge in [0, 0.05) is 38.2 Å². The molecule has 6 nitrogen and oxygen atoms in total. The van der Waals surface area contributed by atoms with Gasteiger partial charge in [-0.1, -0.05) is 529 Å². The molecule has 698 valence electrons. The lowest BCUT2D eigenvalue weighted by molar-refractivity contribution is 0.104. The minimum absolute atomic E-state index is 0. The fourth-order valence-electron chi connectivity index (χ4n) is 11.2. The SMILES string of the molecule is C.CC.CC.CC.CC.CF.CF.CF.CF.CF.CF.CF.CF.Cc1ccccc1.Cc1ccccc1.N#CC(C#N)=C(c1ccccc1)c1ccccc1.N#CC(C#N)=C1c2ccccc2-c2ccccc21.O=C1c2ccccc2-c2ccccc21.O=P(c1ccccc1)(c1ccccc1)c1ccccc1.c1ccccc1.c1ccccc1.c1ccccc1.c1ccccc1. The fourth-order valence-corrected chi connectivity index (χ4v) is 13.8. The molecule has 0 fully saturated rings. The summed E-state index contributed by atoms with van der Waals surface area (Å²) in [5.74, 6) is 0.149. The lowest BCUT2D eigenvalue weighted by Gasteiger charge is -2.19. The summed E-state index contributed by atoms with van der Waals surface area (Å²) < 4.78 is 89.8.